The maximum absolute atomic E-state index is 6.29. The molecule has 0 radical (unpaired) electrons. The average molecular weight is 488 g/mol. The van der Waals surface area contributed by atoms with Gasteiger partial charge in [-0.2, -0.15) is 0 Å². The quantitative estimate of drug-likeness (QED) is 0.291. The van der Waals surface area contributed by atoms with Crippen LogP contribution in [0.25, 0.3) is 17.0 Å². The van der Waals surface area contributed by atoms with Crippen LogP contribution in [0.3, 0.4) is 0 Å². The summed E-state index contributed by atoms with van der Waals surface area (Å²) in [6.07, 6.45) is 5.87. The molecule has 1 aromatic heterocycles. The number of hydrogen-bond donors (Lipinski definition) is 0. The van der Waals surface area contributed by atoms with Gasteiger partial charge in [0, 0.05) is 29.3 Å². The van der Waals surface area contributed by atoms with E-state index < -0.39 is 0 Å². The molecule has 4 nitrogen and oxygen atoms in total. The Morgan fingerprint density at radius 3 is 2.66 bits per heavy atom. The predicted octanol–water partition coefficient (Wildman–Crippen LogP) is 7.55. The third-order valence-electron chi connectivity index (χ3n) is 5.24. The van der Waals surface area contributed by atoms with E-state index in [1.165, 1.54) is 0 Å². The fourth-order valence-corrected chi connectivity index (χ4v) is 4.04. The van der Waals surface area contributed by atoms with E-state index in [4.69, 9.17) is 14.2 Å². The molecule has 3 aromatic carbocycles. The molecule has 0 unspecified atom stereocenters. The summed E-state index contributed by atoms with van der Waals surface area (Å²) in [6.45, 7) is 4.57. The monoisotopic (exact) mass is 487 g/mol. The van der Waals surface area contributed by atoms with E-state index in [0.29, 0.717) is 12.4 Å². The third-order valence-corrected chi connectivity index (χ3v) is 5.86. The summed E-state index contributed by atoms with van der Waals surface area (Å²) in [6, 6.07) is 21.7. The number of nitrogens with zero attached hydrogens (tertiary/aromatic N) is 1. The highest BCUT2D eigenvalue weighted by Crippen LogP contribution is 2.41. The molecule has 0 N–H and O–H groups in total. The zero-order valence-electron chi connectivity index (χ0n) is 17.8. The number of rotatable bonds is 5. The summed E-state index contributed by atoms with van der Waals surface area (Å²) in [5, 5.41) is 0.908. The SMILES string of the molecule is CC1(C)C=Cc2cc(Br)c(Oc3ccnc4cc(OCc5ccccc5)ccc34)cc2O1. The number of benzene rings is 3. The minimum Gasteiger partial charge on any atom is -0.489 e. The molecular formula is C27H22BrNO3. The number of fused-ring (bicyclic) bond motifs is 2. The number of hydrogen-bond acceptors (Lipinski definition) is 4. The Morgan fingerprint density at radius 2 is 1.81 bits per heavy atom. The highest BCUT2D eigenvalue weighted by Gasteiger charge is 2.23. The number of aromatic nitrogens is 1. The summed E-state index contributed by atoms with van der Waals surface area (Å²) in [4.78, 5) is 4.51. The van der Waals surface area contributed by atoms with E-state index >= 15 is 0 Å². The second-order valence-electron chi connectivity index (χ2n) is 8.22. The van der Waals surface area contributed by atoms with Crippen LogP contribution in [-0.4, -0.2) is 10.6 Å². The first-order chi connectivity index (χ1) is 15.5. The van der Waals surface area contributed by atoms with E-state index in [1.807, 2.05) is 80.6 Å². The van der Waals surface area contributed by atoms with Gasteiger partial charge in [0.15, 0.2) is 0 Å². The van der Waals surface area contributed by atoms with Gasteiger partial charge >= 0.3 is 0 Å². The fraction of sp³-hybridized carbons (Fsp3) is 0.148. The van der Waals surface area contributed by atoms with Crippen molar-refractivity contribution in [1.29, 1.82) is 0 Å². The van der Waals surface area contributed by atoms with Gasteiger partial charge in [-0.25, -0.2) is 0 Å². The van der Waals surface area contributed by atoms with Gasteiger partial charge in [0.1, 0.15) is 35.2 Å². The van der Waals surface area contributed by atoms with Crippen molar-refractivity contribution in [1.82, 2.24) is 4.98 Å². The molecule has 4 aromatic rings. The van der Waals surface area contributed by atoms with Crippen LogP contribution in [0, 0.1) is 0 Å². The van der Waals surface area contributed by atoms with E-state index in [9.17, 15) is 0 Å². The molecule has 0 amide bonds. The van der Waals surface area contributed by atoms with Gasteiger partial charge < -0.3 is 14.2 Å². The smallest absolute Gasteiger partial charge is 0.145 e. The minimum absolute atomic E-state index is 0.350. The molecule has 0 bridgehead atoms. The van der Waals surface area contributed by atoms with E-state index in [1.54, 1.807) is 6.20 Å². The summed E-state index contributed by atoms with van der Waals surface area (Å²) >= 11 is 3.63. The number of halogens is 1. The molecule has 5 heteroatoms. The van der Waals surface area contributed by atoms with Crippen molar-refractivity contribution < 1.29 is 14.2 Å². The van der Waals surface area contributed by atoms with Crippen LogP contribution in [0.4, 0.5) is 0 Å². The molecule has 1 aliphatic rings. The lowest BCUT2D eigenvalue weighted by Gasteiger charge is -2.28. The van der Waals surface area contributed by atoms with E-state index in [0.717, 1.165) is 43.8 Å². The number of ether oxygens (including phenoxy) is 3. The van der Waals surface area contributed by atoms with Crippen LogP contribution < -0.4 is 14.2 Å². The topological polar surface area (TPSA) is 40.6 Å². The summed E-state index contributed by atoms with van der Waals surface area (Å²) < 4.78 is 19.2. The molecular weight excluding hydrogens is 466 g/mol. The minimum atomic E-state index is -0.350. The Kier molecular flexibility index (Phi) is 5.35. The highest BCUT2D eigenvalue weighted by molar-refractivity contribution is 9.10. The average Bonchev–Trinajstić information content (AvgIpc) is 2.79. The predicted molar refractivity (Wildman–Crippen MR) is 130 cm³/mol. The van der Waals surface area contributed by atoms with Crippen molar-refractivity contribution in [3.05, 3.63) is 94.6 Å². The Hall–Kier alpha value is -3.31. The van der Waals surface area contributed by atoms with Crippen molar-refractivity contribution in [2.24, 2.45) is 0 Å². The van der Waals surface area contributed by atoms with Crippen molar-refractivity contribution in [2.75, 3.05) is 0 Å². The van der Waals surface area contributed by atoms with Crippen LogP contribution >= 0.6 is 15.9 Å². The largest absolute Gasteiger partial charge is 0.489 e. The van der Waals surface area contributed by atoms with Gasteiger partial charge in [-0.1, -0.05) is 36.4 Å². The van der Waals surface area contributed by atoms with Gasteiger partial charge in [0.05, 0.1) is 9.99 Å². The second kappa shape index (κ2) is 8.32. The molecule has 1 aliphatic heterocycles. The van der Waals surface area contributed by atoms with Crippen LogP contribution in [-0.2, 0) is 6.61 Å². The van der Waals surface area contributed by atoms with Crippen LogP contribution in [0.15, 0.2) is 83.5 Å². The first-order valence-electron chi connectivity index (χ1n) is 10.4. The van der Waals surface area contributed by atoms with Crippen molar-refractivity contribution in [3.8, 4) is 23.0 Å². The van der Waals surface area contributed by atoms with Gasteiger partial charge in [-0.3, -0.25) is 4.98 Å². The molecule has 32 heavy (non-hydrogen) atoms. The van der Waals surface area contributed by atoms with Crippen molar-refractivity contribution in [3.63, 3.8) is 0 Å². The Morgan fingerprint density at radius 1 is 0.969 bits per heavy atom. The molecule has 0 saturated heterocycles. The van der Waals surface area contributed by atoms with Crippen LogP contribution in [0.1, 0.15) is 25.0 Å². The van der Waals surface area contributed by atoms with Crippen LogP contribution in [0.5, 0.6) is 23.0 Å². The Bertz CT molecular complexity index is 1320. The molecule has 0 saturated carbocycles. The Labute approximate surface area is 195 Å². The Balaban J connectivity index is 1.41. The third kappa shape index (κ3) is 4.34. The molecule has 0 atom stereocenters. The first kappa shape index (κ1) is 20.6. The summed E-state index contributed by atoms with van der Waals surface area (Å²) in [5.41, 5.74) is 2.60. The molecule has 0 aliphatic carbocycles. The first-order valence-corrected chi connectivity index (χ1v) is 11.2. The molecule has 5 rings (SSSR count). The normalized spacial score (nSPS) is 14.0. The molecule has 160 valence electrons. The fourth-order valence-electron chi connectivity index (χ4n) is 3.59. The zero-order valence-corrected chi connectivity index (χ0v) is 19.4. The molecule has 0 spiro atoms. The maximum Gasteiger partial charge on any atom is 0.145 e. The highest BCUT2D eigenvalue weighted by atomic mass is 79.9. The van der Waals surface area contributed by atoms with E-state index in [2.05, 4.69) is 33.1 Å². The van der Waals surface area contributed by atoms with Crippen LogP contribution in [0.2, 0.25) is 0 Å². The van der Waals surface area contributed by atoms with Gasteiger partial charge in [0.25, 0.3) is 0 Å². The summed E-state index contributed by atoms with van der Waals surface area (Å²) in [5.74, 6) is 2.97. The second-order valence-corrected chi connectivity index (χ2v) is 9.08. The van der Waals surface area contributed by atoms with Crippen molar-refractivity contribution >= 4 is 32.9 Å². The maximum atomic E-state index is 6.29. The lowest BCUT2D eigenvalue weighted by Crippen LogP contribution is -2.27. The van der Waals surface area contributed by atoms with Gasteiger partial charge in [-0.05, 0) is 65.7 Å². The number of pyridine rings is 1. The van der Waals surface area contributed by atoms with Gasteiger partial charge in [0.2, 0.25) is 0 Å². The van der Waals surface area contributed by atoms with Gasteiger partial charge in [-0.15, -0.1) is 0 Å². The molecule has 0 fully saturated rings. The zero-order chi connectivity index (χ0) is 22.1. The summed E-state index contributed by atoms with van der Waals surface area (Å²) in [7, 11) is 0. The van der Waals surface area contributed by atoms with E-state index in [-0.39, 0.29) is 5.60 Å². The lowest BCUT2D eigenvalue weighted by molar-refractivity contribution is 0.158. The molecule has 2 heterocycles. The lowest BCUT2D eigenvalue weighted by atomic mass is 10.0. The standard InChI is InChI=1S/C27H22BrNO3/c1-27(2)12-10-19-14-22(28)26(16-25(19)32-27)31-24-11-13-29-23-15-20(8-9-21(23)24)30-17-18-6-4-3-5-7-18/h3-16H,17H2,1-2H3. The van der Waals surface area contributed by atoms with Crippen molar-refractivity contribution in [2.45, 2.75) is 26.1 Å².